The molecule has 1 heterocycles. The molecule has 0 radical (unpaired) electrons. The molecule has 0 aromatic carbocycles. The van der Waals surface area contributed by atoms with E-state index in [4.69, 9.17) is 11.6 Å². The van der Waals surface area contributed by atoms with Crippen molar-refractivity contribution in [2.24, 2.45) is 0 Å². The first-order valence-electron chi connectivity index (χ1n) is 8.32. The summed E-state index contributed by atoms with van der Waals surface area (Å²) in [6.07, 6.45) is 9.59. The Morgan fingerprint density at radius 2 is 2.14 bits per heavy atom. The predicted molar refractivity (Wildman–Crippen MR) is 93.3 cm³/mol. The molecule has 0 bridgehead atoms. The van der Waals surface area contributed by atoms with Crippen LogP contribution in [0.25, 0.3) is 0 Å². The SMILES string of the molecule is CCCNC(CSC1CCCC1)c1c(Cl)cnn1CCC. The zero-order valence-corrected chi connectivity index (χ0v) is 14.8. The van der Waals surface area contributed by atoms with E-state index < -0.39 is 0 Å². The molecule has 0 saturated heterocycles. The fourth-order valence-electron chi connectivity index (χ4n) is 2.95. The van der Waals surface area contributed by atoms with Gasteiger partial charge in [0.2, 0.25) is 0 Å². The van der Waals surface area contributed by atoms with Gasteiger partial charge in [-0.25, -0.2) is 0 Å². The molecular formula is C16H28ClN3S. The second-order valence-corrected chi connectivity index (χ2v) is 7.59. The van der Waals surface area contributed by atoms with Gasteiger partial charge in [-0.1, -0.05) is 38.3 Å². The molecule has 1 saturated carbocycles. The topological polar surface area (TPSA) is 29.9 Å². The van der Waals surface area contributed by atoms with E-state index in [0.29, 0.717) is 6.04 Å². The Morgan fingerprint density at radius 1 is 1.38 bits per heavy atom. The van der Waals surface area contributed by atoms with Crippen LogP contribution >= 0.6 is 23.4 Å². The maximum Gasteiger partial charge on any atom is 0.0834 e. The number of hydrogen-bond donors (Lipinski definition) is 1. The van der Waals surface area contributed by atoms with Crippen LogP contribution in [0.2, 0.25) is 5.02 Å². The van der Waals surface area contributed by atoms with Gasteiger partial charge >= 0.3 is 0 Å². The molecule has 1 aliphatic rings. The molecule has 1 N–H and O–H groups in total. The Hall–Kier alpha value is -0.190. The van der Waals surface area contributed by atoms with Crippen molar-refractivity contribution in [2.75, 3.05) is 12.3 Å². The van der Waals surface area contributed by atoms with Crippen LogP contribution in [0.5, 0.6) is 0 Å². The van der Waals surface area contributed by atoms with Crippen LogP contribution in [0.15, 0.2) is 6.20 Å². The largest absolute Gasteiger partial charge is 0.308 e. The Labute approximate surface area is 138 Å². The molecule has 5 heteroatoms. The fourth-order valence-corrected chi connectivity index (χ4v) is 4.63. The van der Waals surface area contributed by atoms with Crippen LogP contribution in [0.3, 0.4) is 0 Å². The number of nitrogens with zero attached hydrogens (tertiary/aromatic N) is 2. The lowest BCUT2D eigenvalue weighted by Crippen LogP contribution is -2.27. The minimum absolute atomic E-state index is 0.317. The first-order valence-corrected chi connectivity index (χ1v) is 9.75. The highest BCUT2D eigenvalue weighted by Gasteiger charge is 2.23. The first-order chi connectivity index (χ1) is 10.3. The van der Waals surface area contributed by atoms with Gasteiger partial charge in [-0.3, -0.25) is 4.68 Å². The Balaban J connectivity index is 2.04. The average molecular weight is 330 g/mol. The monoisotopic (exact) mass is 329 g/mol. The van der Waals surface area contributed by atoms with Gasteiger partial charge in [-0.15, -0.1) is 0 Å². The summed E-state index contributed by atoms with van der Waals surface area (Å²) in [6.45, 7) is 6.37. The summed E-state index contributed by atoms with van der Waals surface area (Å²) in [5.74, 6) is 1.10. The molecule has 1 atom stereocenters. The smallest absolute Gasteiger partial charge is 0.0834 e. The lowest BCUT2D eigenvalue weighted by Gasteiger charge is -2.22. The lowest BCUT2D eigenvalue weighted by molar-refractivity contribution is 0.498. The summed E-state index contributed by atoms with van der Waals surface area (Å²) in [5, 5.41) is 9.77. The van der Waals surface area contributed by atoms with Gasteiger partial charge in [0.1, 0.15) is 0 Å². The van der Waals surface area contributed by atoms with Crippen LogP contribution < -0.4 is 5.32 Å². The molecule has 1 aliphatic carbocycles. The van der Waals surface area contributed by atoms with E-state index in [1.165, 1.54) is 31.4 Å². The molecule has 120 valence electrons. The van der Waals surface area contributed by atoms with Crippen molar-refractivity contribution in [1.29, 1.82) is 0 Å². The van der Waals surface area contributed by atoms with Crippen LogP contribution in [0, 0.1) is 0 Å². The molecule has 2 rings (SSSR count). The van der Waals surface area contributed by atoms with Crippen LogP contribution in [-0.4, -0.2) is 27.3 Å². The Bertz CT molecular complexity index is 416. The molecule has 3 nitrogen and oxygen atoms in total. The molecule has 1 aromatic rings. The number of aryl methyl sites for hydroxylation is 1. The second-order valence-electron chi connectivity index (χ2n) is 5.85. The molecule has 1 unspecified atom stereocenters. The lowest BCUT2D eigenvalue weighted by atomic mass is 10.2. The first kappa shape index (κ1) is 17.2. The van der Waals surface area contributed by atoms with Crippen molar-refractivity contribution in [3.8, 4) is 0 Å². The highest BCUT2D eigenvalue weighted by atomic mass is 35.5. The van der Waals surface area contributed by atoms with Gasteiger partial charge in [-0.05, 0) is 32.2 Å². The summed E-state index contributed by atoms with van der Waals surface area (Å²) in [6, 6.07) is 0.317. The molecule has 1 fully saturated rings. The van der Waals surface area contributed by atoms with Gasteiger partial charge in [0.15, 0.2) is 0 Å². The zero-order chi connectivity index (χ0) is 15.1. The van der Waals surface area contributed by atoms with Crippen molar-refractivity contribution in [3.63, 3.8) is 0 Å². The maximum absolute atomic E-state index is 6.42. The average Bonchev–Trinajstić information content (AvgIpc) is 3.11. The number of aromatic nitrogens is 2. The molecule has 0 spiro atoms. The summed E-state index contributed by atoms with van der Waals surface area (Å²) >= 11 is 8.53. The maximum atomic E-state index is 6.42. The summed E-state index contributed by atoms with van der Waals surface area (Å²) in [5.41, 5.74) is 1.18. The highest BCUT2D eigenvalue weighted by Crippen LogP contribution is 2.33. The van der Waals surface area contributed by atoms with Crippen molar-refractivity contribution < 1.29 is 0 Å². The summed E-state index contributed by atoms with van der Waals surface area (Å²) in [4.78, 5) is 0. The molecule has 1 aromatic heterocycles. The van der Waals surface area contributed by atoms with E-state index in [2.05, 4.69) is 40.7 Å². The Kier molecular flexibility index (Phi) is 7.41. The molecule has 0 amide bonds. The second kappa shape index (κ2) is 9.06. The third-order valence-electron chi connectivity index (χ3n) is 4.04. The number of thioether (sulfide) groups is 1. The van der Waals surface area contributed by atoms with Gasteiger partial charge in [-0.2, -0.15) is 16.9 Å². The van der Waals surface area contributed by atoms with Gasteiger partial charge in [0, 0.05) is 17.5 Å². The predicted octanol–water partition coefficient (Wildman–Crippen LogP) is 4.66. The number of nitrogens with one attached hydrogen (secondary N) is 1. The summed E-state index contributed by atoms with van der Waals surface area (Å²) < 4.78 is 2.09. The van der Waals surface area contributed by atoms with E-state index in [-0.39, 0.29) is 0 Å². The standard InChI is InChI=1S/C16H28ClN3S/c1-3-9-18-15(12-21-13-7-5-6-8-13)16-14(17)11-19-20(16)10-4-2/h11,13,15,18H,3-10,12H2,1-2H3. The van der Waals surface area contributed by atoms with Gasteiger partial charge in [0.05, 0.1) is 23.0 Å². The van der Waals surface area contributed by atoms with E-state index >= 15 is 0 Å². The van der Waals surface area contributed by atoms with Gasteiger partial charge in [0.25, 0.3) is 0 Å². The van der Waals surface area contributed by atoms with Crippen LogP contribution in [-0.2, 0) is 6.54 Å². The molecule has 0 aliphatic heterocycles. The van der Waals surface area contributed by atoms with E-state index in [0.717, 1.165) is 42.0 Å². The molecule has 21 heavy (non-hydrogen) atoms. The number of rotatable bonds is 9. The zero-order valence-electron chi connectivity index (χ0n) is 13.3. The van der Waals surface area contributed by atoms with E-state index in [1.54, 1.807) is 6.20 Å². The van der Waals surface area contributed by atoms with Crippen LogP contribution in [0.1, 0.15) is 64.1 Å². The Morgan fingerprint density at radius 3 is 2.81 bits per heavy atom. The minimum atomic E-state index is 0.317. The minimum Gasteiger partial charge on any atom is -0.308 e. The van der Waals surface area contributed by atoms with E-state index in [9.17, 15) is 0 Å². The summed E-state index contributed by atoms with van der Waals surface area (Å²) in [7, 11) is 0. The quantitative estimate of drug-likeness (QED) is 0.714. The van der Waals surface area contributed by atoms with Gasteiger partial charge < -0.3 is 5.32 Å². The third kappa shape index (κ3) is 4.90. The van der Waals surface area contributed by atoms with Crippen molar-refractivity contribution in [3.05, 3.63) is 16.9 Å². The van der Waals surface area contributed by atoms with Crippen LogP contribution in [0.4, 0.5) is 0 Å². The number of hydrogen-bond acceptors (Lipinski definition) is 3. The van der Waals surface area contributed by atoms with Crippen molar-refractivity contribution in [2.45, 2.75) is 70.2 Å². The van der Waals surface area contributed by atoms with Crippen molar-refractivity contribution >= 4 is 23.4 Å². The van der Waals surface area contributed by atoms with Crippen molar-refractivity contribution in [1.82, 2.24) is 15.1 Å². The highest BCUT2D eigenvalue weighted by molar-refractivity contribution is 7.99. The number of halogens is 1. The molecular weight excluding hydrogens is 302 g/mol. The normalized spacial score (nSPS) is 17.5. The third-order valence-corrected chi connectivity index (χ3v) is 5.80. The van der Waals surface area contributed by atoms with E-state index in [1.807, 2.05) is 0 Å². The fraction of sp³-hybridized carbons (Fsp3) is 0.812.